The van der Waals surface area contributed by atoms with E-state index >= 15 is 0 Å². The summed E-state index contributed by atoms with van der Waals surface area (Å²) >= 11 is 0. The molecule has 0 atom stereocenters. The lowest BCUT2D eigenvalue weighted by Crippen LogP contribution is -2.10. The molecule has 0 bridgehead atoms. The van der Waals surface area contributed by atoms with Crippen molar-refractivity contribution in [2.24, 2.45) is 0 Å². The molecule has 0 amide bonds. The van der Waals surface area contributed by atoms with Crippen LogP contribution in [0, 0.1) is 0 Å². The highest BCUT2D eigenvalue weighted by atomic mass is 16.6. The molecule has 6 heteroatoms. The number of phenols is 1. The normalized spacial score (nSPS) is 10.7. The Morgan fingerprint density at radius 2 is 1.65 bits per heavy atom. The third-order valence-electron chi connectivity index (χ3n) is 4.38. The summed E-state index contributed by atoms with van der Waals surface area (Å²) in [7, 11) is 0. The van der Waals surface area contributed by atoms with Crippen LogP contribution in [0.25, 0.3) is 6.08 Å². The first kappa shape index (κ1) is 21.6. The van der Waals surface area contributed by atoms with E-state index in [-0.39, 0.29) is 24.5 Å². The Bertz CT molecular complexity index is 1070. The third kappa shape index (κ3) is 7.04. The van der Waals surface area contributed by atoms with E-state index in [4.69, 9.17) is 14.6 Å². The van der Waals surface area contributed by atoms with Crippen molar-refractivity contribution in [2.45, 2.75) is 19.4 Å². The summed E-state index contributed by atoms with van der Waals surface area (Å²) in [6.07, 6.45) is 3.19. The molecule has 158 valence electrons. The lowest BCUT2D eigenvalue weighted by Gasteiger charge is -2.13. The number of aliphatic carboxylic acids is 1. The Balaban J connectivity index is 1.73. The Morgan fingerprint density at radius 1 is 0.871 bits per heavy atom. The average Bonchev–Trinajstić information content (AvgIpc) is 2.76. The lowest BCUT2D eigenvalue weighted by atomic mass is 10.1. The van der Waals surface area contributed by atoms with Gasteiger partial charge in [0.1, 0.15) is 12.4 Å². The fourth-order valence-corrected chi connectivity index (χ4v) is 2.87. The van der Waals surface area contributed by atoms with Gasteiger partial charge in [-0.1, -0.05) is 48.5 Å². The highest BCUT2D eigenvalue weighted by Gasteiger charge is 2.12. The van der Waals surface area contributed by atoms with Crippen molar-refractivity contribution >= 4 is 18.0 Å². The van der Waals surface area contributed by atoms with E-state index in [0.29, 0.717) is 17.7 Å². The lowest BCUT2D eigenvalue weighted by molar-refractivity contribution is -0.134. The van der Waals surface area contributed by atoms with Gasteiger partial charge in [0.2, 0.25) is 0 Å². The first-order valence-electron chi connectivity index (χ1n) is 9.70. The quantitative estimate of drug-likeness (QED) is 0.300. The number of carboxylic acid groups (broad SMARTS) is 1. The number of carboxylic acids is 1. The largest absolute Gasteiger partial charge is 0.508 e. The number of rotatable bonds is 9. The van der Waals surface area contributed by atoms with Crippen LogP contribution in [0.2, 0.25) is 0 Å². The second kappa shape index (κ2) is 10.6. The molecule has 0 radical (unpaired) electrons. The van der Waals surface area contributed by atoms with Gasteiger partial charge in [0.15, 0.2) is 11.5 Å². The molecular formula is C25H22O6. The van der Waals surface area contributed by atoms with E-state index in [2.05, 4.69) is 0 Å². The van der Waals surface area contributed by atoms with Gasteiger partial charge in [-0.3, -0.25) is 4.79 Å². The summed E-state index contributed by atoms with van der Waals surface area (Å²) < 4.78 is 11.3. The Hall–Kier alpha value is -4.06. The van der Waals surface area contributed by atoms with Crippen molar-refractivity contribution in [3.8, 4) is 17.2 Å². The average molecular weight is 418 g/mol. The van der Waals surface area contributed by atoms with Gasteiger partial charge < -0.3 is 19.7 Å². The minimum absolute atomic E-state index is 0.117. The van der Waals surface area contributed by atoms with Gasteiger partial charge in [-0.25, -0.2) is 4.79 Å². The third-order valence-corrected chi connectivity index (χ3v) is 4.38. The van der Waals surface area contributed by atoms with Crippen LogP contribution in [-0.4, -0.2) is 22.2 Å². The number of hydrogen-bond acceptors (Lipinski definition) is 5. The molecule has 0 heterocycles. The Morgan fingerprint density at radius 3 is 2.39 bits per heavy atom. The number of carbonyl (C=O) groups is 2. The molecular weight excluding hydrogens is 396 g/mol. The van der Waals surface area contributed by atoms with E-state index in [1.807, 2.05) is 30.3 Å². The van der Waals surface area contributed by atoms with Crippen molar-refractivity contribution in [1.82, 2.24) is 0 Å². The van der Waals surface area contributed by atoms with Crippen LogP contribution in [0.1, 0.15) is 23.1 Å². The number of hydrogen-bond donors (Lipinski definition) is 2. The topological polar surface area (TPSA) is 93.1 Å². The zero-order valence-corrected chi connectivity index (χ0v) is 16.7. The second-order valence-electron chi connectivity index (χ2n) is 6.80. The number of aromatic hydroxyl groups is 1. The van der Waals surface area contributed by atoms with Crippen molar-refractivity contribution in [1.29, 1.82) is 0 Å². The first-order valence-corrected chi connectivity index (χ1v) is 9.70. The van der Waals surface area contributed by atoms with E-state index in [1.165, 1.54) is 6.08 Å². The molecule has 0 spiro atoms. The van der Waals surface area contributed by atoms with Gasteiger partial charge in [0, 0.05) is 12.5 Å². The minimum Gasteiger partial charge on any atom is -0.508 e. The Labute approximate surface area is 180 Å². The van der Waals surface area contributed by atoms with E-state index in [0.717, 1.165) is 17.2 Å². The number of phenolic OH excluding ortho intramolecular Hbond substituents is 1. The molecule has 31 heavy (non-hydrogen) atoms. The number of aryl methyl sites for hydroxylation is 1. The number of carbonyl (C=O) groups excluding carboxylic acids is 1. The van der Waals surface area contributed by atoms with Crippen LogP contribution in [0.5, 0.6) is 17.2 Å². The summed E-state index contributed by atoms with van der Waals surface area (Å²) in [5.41, 5.74) is 2.35. The zero-order chi connectivity index (χ0) is 22.1. The molecule has 0 fully saturated rings. The van der Waals surface area contributed by atoms with Crippen molar-refractivity contribution in [3.63, 3.8) is 0 Å². The number of benzene rings is 3. The van der Waals surface area contributed by atoms with Crippen LogP contribution in [-0.2, 0) is 22.6 Å². The predicted molar refractivity (Wildman–Crippen MR) is 116 cm³/mol. The van der Waals surface area contributed by atoms with Crippen LogP contribution >= 0.6 is 0 Å². The van der Waals surface area contributed by atoms with Crippen molar-refractivity contribution in [3.05, 3.63) is 95.6 Å². The molecule has 2 N–H and O–H groups in total. The van der Waals surface area contributed by atoms with Crippen molar-refractivity contribution < 1.29 is 29.3 Å². The molecule has 0 aromatic heterocycles. The maximum Gasteiger partial charge on any atom is 0.328 e. The SMILES string of the molecule is O=C(O)/C=C/c1ccc(OC(=O)CCc2ccccc2)c(OCc2cccc(O)c2)c1. The maximum atomic E-state index is 12.4. The Kier molecular flexibility index (Phi) is 7.43. The summed E-state index contributed by atoms with van der Waals surface area (Å²) in [4.78, 5) is 23.1. The summed E-state index contributed by atoms with van der Waals surface area (Å²) in [6, 6.07) is 21.1. The fraction of sp³-hybridized carbons (Fsp3) is 0.120. The summed E-state index contributed by atoms with van der Waals surface area (Å²) in [5, 5.41) is 18.5. The molecule has 6 nitrogen and oxygen atoms in total. The molecule has 0 unspecified atom stereocenters. The maximum absolute atomic E-state index is 12.4. The van der Waals surface area contributed by atoms with Gasteiger partial charge in [-0.2, -0.15) is 0 Å². The van der Waals surface area contributed by atoms with Gasteiger partial charge in [-0.05, 0) is 53.5 Å². The standard InChI is InChI=1S/C25H22O6/c26-21-8-4-7-20(15-21)17-30-23-16-19(10-13-24(27)28)9-12-22(23)31-25(29)14-11-18-5-2-1-3-6-18/h1-10,12-13,15-16,26H,11,14,17H2,(H,27,28)/b13-10+. The van der Waals surface area contributed by atoms with Gasteiger partial charge in [0.25, 0.3) is 0 Å². The van der Waals surface area contributed by atoms with Crippen LogP contribution in [0.4, 0.5) is 0 Å². The number of esters is 1. The highest BCUT2D eigenvalue weighted by molar-refractivity contribution is 5.85. The summed E-state index contributed by atoms with van der Waals surface area (Å²) in [5.74, 6) is -0.819. The van der Waals surface area contributed by atoms with Gasteiger partial charge in [-0.15, -0.1) is 0 Å². The minimum atomic E-state index is -1.07. The summed E-state index contributed by atoms with van der Waals surface area (Å²) in [6.45, 7) is 0.134. The molecule has 3 rings (SSSR count). The molecule has 0 saturated carbocycles. The van der Waals surface area contributed by atoms with E-state index < -0.39 is 11.9 Å². The highest BCUT2D eigenvalue weighted by Crippen LogP contribution is 2.30. The smallest absolute Gasteiger partial charge is 0.328 e. The van der Waals surface area contributed by atoms with Gasteiger partial charge in [0.05, 0.1) is 0 Å². The van der Waals surface area contributed by atoms with Crippen LogP contribution in [0.15, 0.2) is 78.9 Å². The van der Waals surface area contributed by atoms with Gasteiger partial charge >= 0.3 is 11.9 Å². The van der Waals surface area contributed by atoms with E-state index in [1.54, 1.807) is 42.5 Å². The van der Waals surface area contributed by atoms with Crippen LogP contribution < -0.4 is 9.47 Å². The molecule has 0 aliphatic heterocycles. The molecule has 0 saturated heterocycles. The zero-order valence-electron chi connectivity index (χ0n) is 16.7. The molecule has 0 aliphatic carbocycles. The van der Waals surface area contributed by atoms with Crippen LogP contribution in [0.3, 0.4) is 0 Å². The number of ether oxygens (including phenoxy) is 2. The molecule has 3 aromatic carbocycles. The predicted octanol–water partition coefficient (Wildman–Crippen LogP) is 4.61. The molecule has 0 aliphatic rings. The fourth-order valence-electron chi connectivity index (χ4n) is 2.87. The molecule has 3 aromatic rings. The first-order chi connectivity index (χ1) is 15.0. The second-order valence-corrected chi connectivity index (χ2v) is 6.80. The van der Waals surface area contributed by atoms with Crippen molar-refractivity contribution in [2.75, 3.05) is 0 Å². The van der Waals surface area contributed by atoms with E-state index in [9.17, 15) is 14.7 Å². The monoisotopic (exact) mass is 418 g/mol.